The van der Waals surface area contributed by atoms with E-state index >= 15 is 0 Å². The van der Waals surface area contributed by atoms with Gasteiger partial charge < -0.3 is 11.1 Å². The average molecular weight is 266 g/mol. The molecule has 0 amide bonds. The van der Waals surface area contributed by atoms with Gasteiger partial charge in [0, 0.05) is 18.2 Å². The number of nitro groups is 2. The lowest BCUT2D eigenvalue weighted by atomic mass is 10.1. The van der Waals surface area contributed by atoms with Gasteiger partial charge in [-0.2, -0.15) is 0 Å². The maximum absolute atomic E-state index is 11.0. The number of rotatable bonds is 4. The number of nitrogens with one attached hydrogen (secondary N) is 1. The van der Waals surface area contributed by atoms with Crippen molar-refractivity contribution in [3.8, 4) is 0 Å². The summed E-state index contributed by atoms with van der Waals surface area (Å²) in [4.78, 5) is 20.3. The van der Waals surface area contributed by atoms with Gasteiger partial charge in [0.25, 0.3) is 11.4 Å². The quantitative estimate of drug-likeness (QED) is 0.632. The molecule has 0 radical (unpaired) electrons. The molecular weight excluding hydrogens is 252 g/mol. The van der Waals surface area contributed by atoms with Crippen LogP contribution in [-0.2, 0) is 0 Å². The zero-order valence-electron chi connectivity index (χ0n) is 10.1. The van der Waals surface area contributed by atoms with Gasteiger partial charge in [0.05, 0.1) is 15.9 Å². The van der Waals surface area contributed by atoms with E-state index in [9.17, 15) is 20.2 Å². The van der Waals surface area contributed by atoms with E-state index in [0.717, 1.165) is 25.3 Å². The zero-order chi connectivity index (χ0) is 14.0. The van der Waals surface area contributed by atoms with Crippen molar-refractivity contribution in [1.29, 1.82) is 0 Å². The van der Waals surface area contributed by atoms with Crippen molar-refractivity contribution >= 4 is 17.1 Å². The van der Waals surface area contributed by atoms with Crippen LogP contribution in [0.25, 0.3) is 0 Å². The number of hydrogen-bond acceptors (Lipinski definition) is 6. The molecule has 0 bridgehead atoms. The third-order valence-corrected chi connectivity index (χ3v) is 3.30. The first-order valence-corrected chi connectivity index (χ1v) is 5.94. The predicted molar refractivity (Wildman–Crippen MR) is 69.0 cm³/mol. The van der Waals surface area contributed by atoms with Gasteiger partial charge in [-0.15, -0.1) is 0 Å². The van der Waals surface area contributed by atoms with Crippen LogP contribution in [0.2, 0.25) is 0 Å². The molecule has 2 rings (SSSR count). The fourth-order valence-electron chi connectivity index (χ4n) is 2.27. The number of nitrogens with two attached hydrogens (primary N) is 1. The van der Waals surface area contributed by atoms with Gasteiger partial charge >= 0.3 is 0 Å². The first kappa shape index (κ1) is 13.2. The van der Waals surface area contributed by atoms with Crippen molar-refractivity contribution in [1.82, 2.24) is 0 Å². The fourth-order valence-corrected chi connectivity index (χ4v) is 2.27. The molecule has 1 aliphatic rings. The molecule has 19 heavy (non-hydrogen) atoms. The van der Waals surface area contributed by atoms with E-state index in [1.54, 1.807) is 0 Å². The van der Waals surface area contributed by atoms with Gasteiger partial charge in [0.2, 0.25) is 0 Å². The molecule has 1 fully saturated rings. The summed E-state index contributed by atoms with van der Waals surface area (Å²) in [6.45, 7) is 0. The fraction of sp³-hybridized carbons (Fsp3) is 0.455. The Kier molecular flexibility index (Phi) is 3.61. The van der Waals surface area contributed by atoms with Gasteiger partial charge in [-0.05, 0) is 25.3 Å². The summed E-state index contributed by atoms with van der Waals surface area (Å²) in [5.41, 5.74) is 5.57. The highest BCUT2D eigenvalue weighted by atomic mass is 16.6. The molecule has 0 saturated heterocycles. The van der Waals surface area contributed by atoms with Gasteiger partial charge in [0.15, 0.2) is 0 Å². The maximum Gasteiger partial charge on any atom is 0.299 e. The molecule has 0 aromatic heterocycles. The molecule has 102 valence electrons. The summed E-state index contributed by atoms with van der Waals surface area (Å²) in [5.74, 6) is 0. The summed E-state index contributed by atoms with van der Waals surface area (Å²) >= 11 is 0. The minimum Gasteiger partial charge on any atom is -0.375 e. The normalized spacial score (nSPS) is 22.2. The van der Waals surface area contributed by atoms with Gasteiger partial charge in [-0.1, -0.05) is 0 Å². The van der Waals surface area contributed by atoms with Crippen LogP contribution in [0.5, 0.6) is 0 Å². The van der Waals surface area contributed by atoms with E-state index in [-0.39, 0.29) is 29.1 Å². The molecule has 1 aromatic rings. The summed E-state index contributed by atoms with van der Waals surface area (Å²) in [6, 6.07) is 3.50. The zero-order valence-corrected chi connectivity index (χ0v) is 10.1. The summed E-state index contributed by atoms with van der Waals surface area (Å²) < 4.78 is 0. The molecular formula is C11H14N4O4. The summed E-state index contributed by atoms with van der Waals surface area (Å²) in [7, 11) is 0. The minimum absolute atomic E-state index is 0.0276. The maximum atomic E-state index is 11.0. The molecule has 1 aromatic carbocycles. The first-order chi connectivity index (χ1) is 8.99. The lowest BCUT2D eigenvalue weighted by molar-refractivity contribution is -0.393. The van der Waals surface area contributed by atoms with E-state index in [1.807, 2.05) is 0 Å². The highest BCUT2D eigenvalue weighted by Gasteiger charge is 2.27. The Morgan fingerprint density at radius 2 is 1.95 bits per heavy atom. The number of anilines is 1. The van der Waals surface area contributed by atoms with E-state index < -0.39 is 9.85 Å². The molecule has 0 heterocycles. The lowest BCUT2D eigenvalue weighted by Gasteiger charge is -2.18. The van der Waals surface area contributed by atoms with E-state index in [4.69, 9.17) is 5.73 Å². The second-order valence-electron chi connectivity index (χ2n) is 4.56. The Bertz CT molecular complexity index is 519. The van der Waals surface area contributed by atoms with Crippen LogP contribution in [0.4, 0.5) is 17.1 Å². The number of hydrogen-bond donors (Lipinski definition) is 2. The molecule has 1 aliphatic carbocycles. The number of non-ortho nitro benzene ring substituents is 1. The van der Waals surface area contributed by atoms with Crippen LogP contribution in [0, 0.1) is 20.2 Å². The largest absolute Gasteiger partial charge is 0.375 e. The predicted octanol–water partition coefficient (Wildman–Crippen LogP) is 1.79. The van der Waals surface area contributed by atoms with Crippen LogP contribution >= 0.6 is 0 Å². The Balaban J connectivity index is 2.29. The Hall–Kier alpha value is -2.22. The molecule has 1 saturated carbocycles. The number of nitrogens with zero attached hydrogens (tertiary/aromatic N) is 2. The van der Waals surface area contributed by atoms with Gasteiger partial charge in [-0.3, -0.25) is 20.2 Å². The molecule has 8 heteroatoms. The molecule has 0 aliphatic heterocycles. The highest BCUT2D eigenvalue weighted by Crippen LogP contribution is 2.31. The first-order valence-electron chi connectivity index (χ1n) is 5.94. The third-order valence-electron chi connectivity index (χ3n) is 3.30. The van der Waals surface area contributed by atoms with E-state index in [2.05, 4.69) is 5.32 Å². The van der Waals surface area contributed by atoms with Gasteiger partial charge in [0.1, 0.15) is 5.69 Å². The van der Waals surface area contributed by atoms with Crippen LogP contribution < -0.4 is 11.1 Å². The van der Waals surface area contributed by atoms with Crippen molar-refractivity contribution in [3.05, 3.63) is 38.4 Å². The molecule has 2 atom stereocenters. The highest BCUT2D eigenvalue weighted by molar-refractivity contribution is 5.65. The van der Waals surface area contributed by atoms with Crippen LogP contribution in [0.1, 0.15) is 19.3 Å². The van der Waals surface area contributed by atoms with Crippen molar-refractivity contribution in [2.75, 3.05) is 5.32 Å². The van der Waals surface area contributed by atoms with Crippen molar-refractivity contribution < 1.29 is 9.85 Å². The SMILES string of the molecule is NC1CCCC1Nc1ccc([N+](=O)[O-])cc1[N+](=O)[O-]. The molecule has 3 N–H and O–H groups in total. The molecule has 0 spiro atoms. The van der Waals surface area contributed by atoms with Crippen LogP contribution in [0.15, 0.2) is 18.2 Å². The van der Waals surface area contributed by atoms with Crippen molar-refractivity contribution in [2.24, 2.45) is 5.73 Å². The van der Waals surface area contributed by atoms with Crippen LogP contribution in [-0.4, -0.2) is 21.9 Å². The third kappa shape index (κ3) is 2.79. The van der Waals surface area contributed by atoms with Crippen LogP contribution in [0.3, 0.4) is 0 Å². The number of nitro benzene ring substituents is 2. The Labute approximate surface area is 108 Å². The monoisotopic (exact) mass is 266 g/mol. The smallest absolute Gasteiger partial charge is 0.299 e. The summed E-state index contributed by atoms with van der Waals surface area (Å²) in [5, 5.41) is 24.6. The second-order valence-corrected chi connectivity index (χ2v) is 4.56. The van der Waals surface area contributed by atoms with Crippen molar-refractivity contribution in [3.63, 3.8) is 0 Å². The Morgan fingerprint density at radius 1 is 1.21 bits per heavy atom. The lowest BCUT2D eigenvalue weighted by Crippen LogP contribution is -2.35. The number of benzene rings is 1. The van der Waals surface area contributed by atoms with Crippen molar-refractivity contribution in [2.45, 2.75) is 31.3 Å². The molecule has 8 nitrogen and oxygen atoms in total. The topological polar surface area (TPSA) is 124 Å². The average Bonchev–Trinajstić information content (AvgIpc) is 2.75. The minimum atomic E-state index is -0.655. The second kappa shape index (κ2) is 5.19. The molecule has 2 unspecified atom stereocenters. The van der Waals surface area contributed by atoms with E-state index in [0.29, 0.717) is 0 Å². The van der Waals surface area contributed by atoms with Gasteiger partial charge in [-0.25, -0.2) is 0 Å². The summed E-state index contributed by atoms with van der Waals surface area (Å²) in [6.07, 6.45) is 2.69. The Morgan fingerprint density at radius 3 is 2.47 bits per heavy atom. The standard InChI is InChI=1S/C11H14N4O4/c12-8-2-1-3-9(8)13-10-5-4-7(14(16)17)6-11(10)15(18)19/h4-6,8-9,13H,1-3,12H2. The van der Waals surface area contributed by atoms with E-state index in [1.165, 1.54) is 12.1 Å².